The first-order valence-corrected chi connectivity index (χ1v) is 8.66. The van der Waals surface area contributed by atoms with Crippen LogP contribution in [0.25, 0.3) is 11.3 Å². The van der Waals surface area contributed by atoms with Crippen molar-refractivity contribution < 1.29 is 4.39 Å². The number of rotatable bonds is 3. The molecule has 5 nitrogen and oxygen atoms in total. The van der Waals surface area contributed by atoms with Crippen molar-refractivity contribution in [3.05, 3.63) is 53.9 Å². The SMILES string of the molecule is Fc1ccc(-c2csc(N3CCN(c4ncccn4)CC3)n2)cc1. The Morgan fingerprint density at radius 3 is 2.29 bits per heavy atom. The Kier molecular flexibility index (Phi) is 4.08. The molecular formula is C17H16FN5S. The van der Waals surface area contributed by atoms with E-state index in [-0.39, 0.29) is 5.82 Å². The second-order valence-electron chi connectivity index (χ2n) is 5.55. The fourth-order valence-electron chi connectivity index (χ4n) is 2.72. The highest BCUT2D eigenvalue weighted by Crippen LogP contribution is 2.28. The number of anilines is 2. The molecule has 0 N–H and O–H groups in total. The molecule has 0 radical (unpaired) electrons. The van der Waals surface area contributed by atoms with Crippen molar-refractivity contribution in [2.75, 3.05) is 36.0 Å². The van der Waals surface area contributed by atoms with E-state index in [2.05, 4.69) is 19.8 Å². The Bertz CT molecular complexity index is 797. The molecule has 1 aliphatic rings. The van der Waals surface area contributed by atoms with E-state index in [1.54, 1.807) is 35.9 Å². The van der Waals surface area contributed by atoms with Crippen LogP contribution in [0, 0.1) is 5.82 Å². The lowest BCUT2D eigenvalue weighted by Crippen LogP contribution is -2.47. The van der Waals surface area contributed by atoms with Crippen molar-refractivity contribution in [1.29, 1.82) is 0 Å². The van der Waals surface area contributed by atoms with Gasteiger partial charge >= 0.3 is 0 Å². The maximum atomic E-state index is 13.0. The molecule has 122 valence electrons. The van der Waals surface area contributed by atoms with E-state index in [1.807, 2.05) is 11.4 Å². The quantitative estimate of drug-likeness (QED) is 0.733. The molecule has 4 rings (SSSR count). The normalized spacial score (nSPS) is 14.9. The van der Waals surface area contributed by atoms with Crippen LogP contribution >= 0.6 is 11.3 Å². The summed E-state index contributed by atoms with van der Waals surface area (Å²) in [7, 11) is 0. The standard InChI is InChI=1S/C17H16FN5S/c18-14-4-2-13(3-5-14)15-12-24-17(21-15)23-10-8-22(9-11-23)16-19-6-1-7-20-16/h1-7,12H,8-11H2. The average molecular weight is 341 g/mol. The van der Waals surface area contributed by atoms with Crippen LogP contribution in [0.2, 0.25) is 0 Å². The van der Waals surface area contributed by atoms with Gasteiger partial charge in [0.25, 0.3) is 0 Å². The van der Waals surface area contributed by atoms with Gasteiger partial charge in [-0.05, 0) is 30.3 Å². The Hall–Kier alpha value is -2.54. The Labute approximate surface area is 143 Å². The van der Waals surface area contributed by atoms with Crippen molar-refractivity contribution in [2.24, 2.45) is 0 Å². The average Bonchev–Trinajstić information content (AvgIpc) is 3.13. The number of piperazine rings is 1. The number of nitrogens with zero attached hydrogens (tertiary/aromatic N) is 5. The fourth-order valence-corrected chi connectivity index (χ4v) is 3.60. The van der Waals surface area contributed by atoms with Crippen molar-refractivity contribution in [3.63, 3.8) is 0 Å². The molecule has 0 amide bonds. The molecular weight excluding hydrogens is 325 g/mol. The minimum atomic E-state index is -0.228. The van der Waals surface area contributed by atoms with Crippen LogP contribution in [0.4, 0.5) is 15.5 Å². The molecule has 2 aromatic heterocycles. The second-order valence-corrected chi connectivity index (χ2v) is 6.38. The summed E-state index contributed by atoms with van der Waals surface area (Å²) < 4.78 is 13.0. The summed E-state index contributed by atoms with van der Waals surface area (Å²) >= 11 is 1.62. The lowest BCUT2D eigenvalue weighted by Gasteiger charge is -2.34. The molecule has 0 atom stereocenters. The van der Waals surface area contributed by atoms with Crippen LogP contribution in [0.15, 0.2) is 48.1 Å². The van der Waals surface area contributed by atoms with Gasteiger partial charge in [-0.3, -0.25) is 0 Å². The zero-order chi connectivity index (χ0) is 16.4. The predicted octanol–water partition coefficient (Wildman–Crippen LogP) is 3.07. The summed E-state index contributed by atoms with van der Waals surface area (Å²) in [6.45, 7) is 3.51. The van der Waals surface area contributed by atoms with E-state index in [4.69, 9.17) is 4.98 Å². The lowest BCUT2D eigenvalue weighted by atomic mass is 10.2. The fraction of sp³-hybridized carbons (Fsp3) is 0.235. The Morgan fingerprint density at radius 2 is 1.58 bits per heavy atom. The summed E-state index contributed by atoms with van der Waals surface area (Å²) in [6.07, 6.45) is 3.54. The maximum absolute atomic E-state index is 13.0. The third kappa shape index (κ3) is 3.07. The van der Waals surface area contributed by atoms with Gasteiger partial charge in [0.1, 0.15) is 5.82 Å². The van der Waals surface area contributed by atoms with Crippen LogP contribution in [0.3, 0.4) is 0 Å². The van der Waals surface area contributed by atoms with E-state index in [0.717, 1.165) is 48.5 Å². The van der Waals surface area contributed by atoms with Crippen LogP contribution in [0.1, 0.15) is 0 Å². The smallest absolute Gasteiger partial charge is 0.225 e. The molecule has 0 unspecified atom stereocenters. The van der Waals surface area contributed by atoms with E-state index >= 15 is 0 Å². The van der Waals surface area contributed by atoms with Crippen molar-refractivity contribution in [3.8, 4) is 11.3 Å². The van der Waals surface area contributed by atoms with E-state index in [1.165, 1.54) is 12.1 Å². The minimum Gasteiger partial charge on any atom is -0.345 e. The third-order valence-electron chi connectivity index (χ3n) is 4.02. The van der Waals surface area contributed by atoms with Gasteiger partial charge in [-0.25, -0.2) is 19.3 Å². The third-order valence-corrected chi connectivity index (χ3v) is 4.92. The zero-order valence-electron chi connectivity index (χ0n) is 13.0. The molecule has 0 bridgehead atoms. The molecule has 7 heteroatoms. The van der Waals surface area contributed by atoms with Crippen LogP contribution in [-0.2, 0) is 0 Å². The number of benzene rings is 1. The highest BCUT2D eigenvalue weighted by Gasteiger charge is 2.21. The van der Waals surface area contributed by atoms with Gasteiger partial charge in [0.05, 0.1) is 5.69 Å². The van der Waals surface area contributed by atoms with Crippen molar-refractivity contribution in [2.45, 2.75) is 0 Å². The Morgan fingerprint density at radius 1 is 0.917 bits per heavy atom. The number of thiazole rings is 1. The van der Waals surface area contributed by atoms with Crippen LogP contribution in [0.5, 0.6) is 0 Å². The van der Waals surface area contributed by atoms with Gasteiger partial charge < -0.3 is 9.80 Å². The van der Waals surface area contributed by atoms with Gasteiger partial charge in [0.15, 0.2) is 5.13 Å². The molecule has 1 aromatic carbocycles. The number of hydrogen-bond donors (Lipinski definition) is 0. The molecule has 0 aliphatic carbocycles. The zero-order valence-corrected chi connectivity index (χ0v) is 13.8. The van der Waals surface area contributed by atoms with E-state index in [9.17, 15) is 4.39 Å². The van der Waals surface area contributed by atoms with Gasteiger partial charge in [0.2, 0.25) is 5.95 Å². The molecule has 0 saturated carbocycles. The van der Waals surface area contributed by atoms with Crippen LogP contribution < -0.4 is 9.80 Å². The molecule has 1 aliphatic heterocycles. The van der Waals surface area contributed by atoms with Gasteiger partial charge in [-0.2, -0.15) is 0 Å². The summed E-state index contributed by atoms with van der Waals surface area (Å²) in [6, 6.07) is 8.28. The summed E-state index contributed by atoms with van der Waals surface area (Å²) in [5.41, 5.74) is 1.83. The van der Waals surface area contributed by atoms with Gasteiger partial charge in [-0.1, -0.05) is 0 Å². The first-order chi connectivity index (χ1) is 11.8. The molecule has 3 heterocycles. The first kappa shape index (κ1) is 15.0. The highest BCUT2D eigenvalue weighted by atomic mass is 32.1. The number of hydrogen-bond acceptors (Lipinski definition) is 6. The highest BCUT2D eigenvalue weighted by molar-refractivity contribution is 7.14. The second kappa shape index (κ2) is 6.52. The number of aromatic nitrogens is 3. The molecule has 24 heavy (non-hydrogen) atoms. The van der Waals surface area contributed by atoms with E-state index in [0.29, 0.717) is 0 Å². The van der Waals surface area contributed by atoms with E-state index < -0.39 is 0 Å². The summed E-state index contributed by atoms with van der Waals surface area (Å²) in [4.78, 5) is 17.8. The first-order valence-electron chi connectivity index (χ1n) is 7.78. The minimum absolute atomic E-state index is 0.228. The van der Waals surface area contributed by atoms with Gasteiger partial charge in [0, 0.05) is 49.5 Å². The van der Waals surface area contributed by atoms with Gasteiger partial charge in [-0.15, -0.1) is 11.3 Å². The maximum Gasteiger partial charge on any atom is 0.225 e. The molecule has 3 aromatic rings. The van der Waals surface area contributed by atoms with Crippen molar-refractivity contribution in [1.82, 2.24) is 15.0 Å². The Balaban J connectivity index is 1.44. The number of halogens is 1. The largest absolute Gasteiger partial charge is 0.345 e. The predicted molar refractivity (Wildman–Crippen MR) is 94.0 cm³/mol. The summed E-state index contributed by atoms with van der Waals surface area (Å²) in [5, 5.41) is 3.03. The van der Waals surface area contributed by atoms with Crippen molar-refractivity contribution >= 4 is 22.4 Å². The summed E-state index contributed by atoms with van der Waals surface area (Å²) in [5.74, 6) is 0.553. The molecule has 1 fully saturated rings. The molecule has 0 spiro atoms. The monoisotopic (exact) mass is 341 g/mol. The van der Waals surface area contributed by atoms with Crippen LogP contribution in [-0.4, -0.2) is 41.1 Å². The lowest BCUT2D eigenvalue weighted by molar-refractivity contribution is 0.628. The molecule has 1 saturated heterocycles. The topological polar surface area (TPSA) is 45.2 Å².